The maximum atomic E-state index is 12.9. The molecule has 1 amide bonds. The molecule has 2 aromatic carbocycles. The number of ether oxygens (including phenoxy) is 5. The Hall–Kier alpha value is -4.60. The number of amides is 1. The molecule has 0 saturated carbocycles. The van der Waals surface area contributed by atoms with E-state index in [2.05, 4.69) is 10.3 Å². The van der Waals surface area contributed by atoms with Crippen LogP contribution in [0.1, 0.15) is 36.0 Å². The second-order valence-electron chi connectivity index (χ2n) is 7.74. The van der Waals surface area contributed by atoms with Crippen LogP contribution in [0.3, 0.4) is 0 Å². The van der Waals surface area contributed by atoms with Gasteiger partial charge in [0.25, 0.3) is 5.91 Å². The topological polar surface area (TPSA) is 122 Å². The quantitative estimate of drug-likeness (QED) is 0.289. The van der Waals surface area contributed by atoms with Crippen molar-refractivity contribution in [3.05, 3.63) is 84.2 Å². The van der Waals surface area contributed by atoms with Crippen molar-refractivity contribution in [3.63, 3.8) is 0 Å². The zero-order valence-electron chi connectivity index (χ0n) is 20.7. The zero-order valence-corrected chi connectivity index (χ0v) is 20.7. The minimum absolute atomic E-state index is 0.0373. The zero-order chi connectivity index (χ0) is 26.6. The fourth-order valence-corrected chi connectivity index (χ4v) is 3.20. The summed E-state index contributed by atoms with van der Waals surface area (Å²) < 4.78 is 26.9. The number of rotatable bonds is 12. The first kappa shape index (κ1) is 27.0. The molecule has 2 atom stereocenters. The summed E-state index contributed by atoms with van der Waals surface area (Å²) in [6.45, 7) is 2.18. The summed E-state index contributed by atoms with van der Waals surface area (Å²) in [5.41, 5.74) is 0.673. The van der Waals surface area contributed by atoms with Crippen molar-refractivity contribution in [2.75, 3.05) is 20.5 Å². The summed E-state index contributed by atoms with van der Waals surface area (Å²) >= 11 is 0. The van der Waals surface area contributed by atoms with Crippen LogP contribution in [-0.2, 0) is 19.1 Å². The Morgan fingerprint density at radius 2 is 1.62 bits per heavy atom. The molecule has 0 spiro atoms. The van der Waals surface area contributed by atoms with Crippen molar-refractivity contribution in [1.82, 2.24) is 10.3 Å². The van der Waals surface area contributed by atoms with Gasteiger partial charge in [0.1, 0.15) is 18.4 Å². The molecule has 10 heteroatoms. The smallest absolute Gasteiger partial charge is 0.328 e. The number of para-hydroxylation sites is 1. The molecule has 0 radical (unpaired) electrons. The third-order valence-electron chi connectivity index (χ3n) is 5.04. The molecule has 3 rings (SSSR count). The molecule has 1 N–H and O–H groups in total. The van der Waals surface area contributed by atoms with Crippen molar-refractivity contribution < 1.29 is 38.1 Å². The lowest BCUT2D eigenvalue weighted by Gasteiger charge is -2.21. The molecule has 1 aromatic heterocycles. The summed E-state index contributed by atoms with van der Waals surface area (Å²) in [6, 6.07) is 19.0. The maximum absolute atomic E-state index is 12.9. The predicted molar refractivity (Wildman–Crippen MR) is 132 cm³/mol. The molecule has 0 bridgehead atoms. The number of nitrogens with zero attached hydrogens (tertiary/aromatic N) is 1. The van der Waals surface area contributed by atoms with Gasteiger partial charge in [-0.25, -0.2) is 9.78 Å². The number of pyridine rings is 1. The SMILES string of the molecule is COc1ccnc(C(=O)NC(C)C(=O)OCC(Oc2ccccc2)c2ccccc2)c1OCOC(C)=O. The lowest BCUT2D eigenvalue weighted by Crippen LogP contribution is -2.40. The number of carbonyl (C=O) groups excluding carboxylic acids is 3. The van der Waals surface area contributed by atoms with Crippen LogP contribution in [0.15, 0.2) is 72.9 Å². The second-order valence-corrected chi connectivity index (χ2v) is 7.74. The van der Waals surface area contributed by atoms with Crippen molar-refractivity contribution in [1.29, 1.82) is 0 Å². The van der Waals surface area contributed by atoms with Crippen molar-refractivity contribution in [2.45, 2.75) is 26.0 Å². The van der Waals surface area contributed by atoms with Gasteiger partial charge in [0.05, 0.1) is 7.11 Å². The van der Waals surface area contributed by atoms with Crippen LogP contribution >= 0.6 is 0 Å². The highest BCUT2D eigenvalue weighted by molar-refractivity contribution is 5.98. The standard InChI is InChI=1S/C27H28N2O8/c1-18(29-26(31)24-25(36-17-35-19(2)30)22(33-3)14-15-28-24)27(32)34-16-23(20-10-6-4-7-11-20)37-21-12-8-5-9-13-21/h4-15,18,23H,16-17H2,1-3H3,(H,29,31). The van der Waals surface area contributed by atoms with Crippen LogP contribution in [0.2, 0.25) is 0 Å². The normalized spacial score (nSPS) is 12.0. The third-order valence-corrected chi connectivity index (χ3v) is 5.04. The largest absolute Gasteiger partial charge is 0.493 e. The average molecular weight is 509 g/mol. The van der Waals surface area contributed by atoms with Crippen molar-refractivity contribution in [2.24, 2.45) is 0 Å². The molecule has 10 nitrogen and oxygen atoms in total. The predicted octanol–water partition coefficient (Wildman–Crippen LogP) is 3.47. The molecule has 2 unspecified atom stereocenters. The lowest BCUT2D eigenvalue weighted by atomic mass is 10.1. The van der Waals surface area contributed by atoms with Crippen molar-refractivity contribution >= 4 is 17.8 Å². The fraction of sp³-hybridized carbons (Fsp3) is 0.259. The molecule has 3 aromatic rings. The molecule has 194 valence electrons. The molecule has 1 heterocycles. The first-order chi connectivity index (χ1) is 17.9. The number of benzene rings is 2. The van der Waals surface area contributed by atoms with Crippen molar-refractivity contribution in [3.8, 4) is 17.2 Å². The second kappa shape index (κ2) is 13.5. The Bertz CT molecular complexity index is 1190. The molecule has 0 aliphatic heterocycles. The molecule has 0 aliphatic rings. The molecular formula is C27H28N2O8. The Morgan fingerprint density at radius 1 is 0.946 bits per heavy atom. The van der Waals surface area contributed by atoms with E-state index in [1.165, 1.54) is 33.2 Å². The highest BCUT2D eigenvalue weighted by atomic mass is 16.7. The summed E-state index contributed by atoms with van der Waals surface area (Å²) in [5.74, 6) is -1.15. The van der Waals surface area contributed by atoms with Gasteiger partial charge in [-0.05, 0) is 24.6 Å². The molecule has 0 aliphatic carbocycles. The van der Waals surface area contributed by atoms with Gasteiger partial charge in [0.15, 0.2) is 23.3 Å². The van der Waals surface area contributed by atoms with Crippen LogP contribution in [0.5, 0.6) is 17.2 Å². The highest BCUT2D eigenvalue weighted by Gasteiger charge is 2.25. The fourth-order valence-electron chi connectivity index (χ4n) is 3.20. The average Bonchev–Trinajstić information content (AvgIpc) is 2.91. The third kappa shape index (κ3) is 7.96. The minimum Gasteiger partial charge on any atom is -0.493 e. The van der Waals surface area contributed by atoms with E-state index >= 15 is 0 Å². The van der Waals surface area contributed by atoms with Gasteiger partial charge < -0.3 is 29.0 Å². The highest BCUT2D eigenvalue weighted by Crippen LogP contribution is 2.29. The maximum Gasteiger partial charge on any atom is 0.328 e. The van der Waals surface area contributed by atoms with Gasteiger partial charge in [0.2, 0.25) is 6.79 Å². The van der Waals surface area contributed by atoms with E-state index in [0.717, 1.165) is 5.56 Å². The van der Waals surface area contributed by atoms with E-state index < -0.39 is 36.8 Å². The summed E-state index contributed by atoms with van der Waals surface area (Å²) in [5, 5.41) is 2.54. The number of carbonyl (C=O) groups is 3. The van der Waals surface area contributed by atoms with Crippen LogP contribution in [0, 0.1) is 0 Å². The Balaban J connectivity index is 1.65. The summed E-state index contributed by atoms with van der Waals surface area (Å²) in [6.07, 6.45) is 0.789. The van der Waals surface area contributed by atoms with E-state index in [1.54, 1.807) is 0 Å². The molecule has 37 heavy (non-hydrogen) atoms. The van der Waals surface area contributed by atoms with Crippen LogP contribution in [0.4, 0.5) is 0 Å². The first-order valence-electron chi connectivity index (χ1n) is 11.4. The Kier molecular flexibility index (Phi) is 9.83. The van der Waals surface area contributed by atoms with Gasteiger partial charge in [-0.15, -0.1) is 0 Å². The van der Waals surface area contributed by atoms with Crippen LogP contribution < -0.4 is 19.5 Å². The van der Waals surface area contributed by atoms with E-state index in [1.807, 2.05) is 60.7 Å². The van der Waals surface area contributed by atoms with E-state index in [4.69, 9.17) is 23.7 Å². The number of nitrogens with one attached hydrogen (secondary N) is 1. The molecule has 0 saturated heterocycles. The number of esters is 2. The molecule has 0 fully saturated rings. The number of hydrogen-bond acceptors (Lipinski definition) is 9. The van der Waals surface area contributed by atoms with Gasteiger partial charge >= 0.3 is 11.9 Å². The molecular weight excluding hydrogens is 480 g/mol. The minimum atomic E-state index is -1.02. The van der Waals surface area contributed by atoms with Gasteiger partial charge in [-0.3, -0.25) is 9.59 Å². The van der Waals surface area contributed by atoms with E-state index in [-0.39, 0.29) is 23.8 Å². The Labute approximate surface area is 214 Å². The first-order valence-corrected chi connectivity index (χ1v) is 11.4. The van der Waals surface area contributed by atoms with E-state index in [0.29, 0.717) is 5.75 Å². The van der Waals surface area contributed by atoms with E-state index in [9.17, 15) is 14.4 Å². The van der Waals surface area contributed by atoms with Gasteiger partial charge in [-0.1, -0.05) is 48.5 Å². The monoisotopic (exact) mass is 508 g/mol. The lowest BCUT2D eigenvalue weighted by molar-refractivity contribution is -0.148. The van der Waals surface area contributed by atoms with Crippen LogP contribution in [-0.4, -0.2) is 49.4 Å². The van der Waals surface area contributed by atoms with Gasteiger partial charge in [0, 0.05) is 19.2 Å². The number of methoxy groups -OCH3 is 1. The number of hydrogen-bond donors (Lipinski definition) is 1. The Morgan fingerprint density at radius 3 is 2.27 bits per heavy atom. The number of aromatic nitrogens is 1. The van der Waals surface area contributed by atoms with Gasteiger partial charge in [-0.2, -0.15) is 0 Å². The summed E-state index contributed by atoms with van der Waals surface area (Å²) in [7, 11) is 1.39. The van der Waals surface area contributed by atoms with Crippen LogP contribution in [0.25, 0.3) is 0 Å². The summed E-state index contributed by atoms with van der Waals surface area (Å²) in [4.78, 5) is 40.7.